The highest BCUT2D eigenvalue weighted by molar-refractivity contribution is 7.80. The zero-order valence-electron chi connectivity index (χ0n) is 50.1. The van der Waals surface area contributed by atoms with Crippen molar-refractivity contribution in [2.75, 3.05) is 26.4 Å². The van der Waals surface area contributed by atoms with Gasteiger partial charge in [-0.15, -0.1) is 0 Å². The van der Waals surface area contributed by atoms with Gasteiger partial charge >= 0.3 is 16.4 Å². The van der Waals surface area contributed by atoms with E-state index in [0.717, 1.165) is 38.5 Å². The first kappa shape index (κ1) is 73.9. The molecule has 0 spiro atoms. The molecule has 0 bridgehead atoms. The van der Waals surface area contributed by atoms with E-state index in [1.54, 1.807) is 0 Å². The lowest BCUT2D eigenvalue weighted by molar-refractivity contribution is -0.301. The van der Waals surface area contributed by atoms with E-state index in [-0.39, 0.29) is 25.6 Å². The normalized spacial score (nSPS) is 18.4. The smallest absolute Gasteiger partial charge is 0.397 e. The number of rotatable bonds is 60. The fraction of sp³-hybridized carbons (Fsp3) is 0.953. The van der Waals surface area contributed by atoms with Gasteiger partial charge in [0.25, 0.3) is 0 Å². The molecule has 0 aromatic rings. The molecule has 77 heavy (non-hydrogen) atoms. The van der Waals surface area contributed by atoms with E-state index in [1.165, 1.54) is 263 Å². The Hall–Kier alpha value is -1.16. The van der Waals surface area contributed by atoms with Crippen molar-refractivity contribution in [1.29, 1.82) is 0 Å². The van der Waals surface area contributed by atoms with Gasteiger partial charge in [-0.25, -0.2) is 4.18 Å². The molecule has 13 heteroatoms. The fourth-order valence-electron chi connectivity index (χ4n) is 10.7. The molecule has 1 saturated heterocycles. The molecule has 458 valence electrons. The number of unbranched alkanes of at least 4 members (excludes halogenated alkanes) is 45. The molecular weight excluding hydrogens is 993 g/mol. The molecule has 0 saturated carbocycles. The van der Waals surface area contributed by atoms with Crippen molar-refractivity contribution in [3.8, 4) is 0 Å². The third kappa shape index (κ3) is 48.1. The summed E-state index contributed by atoms with van der Waals surface area (Å²) in [7, 11) is -5.07. The summed E-state index contributed by atoms with van der Waals surface area (Å²) in [6.45, 7) is 4.08. The summed E-state index contributed by atoms with van der Waals surface area (Å²) in [5.74, 6) is -0.388. The fourth-order valence-corrected chi connectivity index (χ4v) is 11.2. The van der Waals surface area contributed by atoms with E-state index in [2.05, 4.69) is 30.2 Å². The lowest BCUT2D eigenvalue weighted by Gasteiger charge is -2.41. The minimum absolute atomic E-state index is 0.0434. The van der Waals surface area contributed by atoms with Crippen LogP contribution in [0.5, 0.6) is 0 Å². The molecule has 6 atom stereocenters. The average Bonchev–Trinajstić information content (AvgIpc) is 3.42. The van der Waals surface area contributed by atoms with Crippen molar-refractivity contribution in [2.24, 2.45) is 0 Å². The van der Waals surface area contributed by atoms with Gasteiger partial charge in [-0.3, -0.25) is 9.35 Å². The van der Waals surface area contributed by atoms with E-state index >= 15 is 0 Å². The zero-order valence-corrected chi connectivity index (χ0v) is 50.9. The Kier molecular flexibility index (Phi) is 53.1. The summed E-state index contributed by atoms with van der Waals surface area (Å²) in [5, 5.41) is 30.9. The maximum atomic E-state index is 13.0. The standard InChI is InChI=1S/C64H124O12S/c1-3-5-7-9-11-13-15-17-19-21-23-25-27-29-30-32-34-36-38-40-42-44-46-48-50-52-54-72-56-58(57-73-64-62(68)63(76-77(69,70)71)61(67)59(55-65)75-64)74-60(66)53-51-49-47-45-43-41-39-37-35-33-31-28-26-24-22-20-18-16-14-12-10-8-6-4-2/h21,23,58-59,61-65,67-68H,3-20,22,24-57H2,1-2H3,(H,69,70,71)/b23-21-. The van der Waals surface area contributed by atoms with Gasteiger partial charge in [0, 0.05) is 13.0 Å². The van der Waals surface area contributed by atoms with Crippen LogP contribution in [0.4, 0.5) is 0 Å². The van der Waals surface area contributed by atoms with Crippen LogP contribution in [0, 0.1) is 0 Å². The zero-order chi connectivity index (χ0) is 56.0. The van der Waals surface area contributed by atoms with Crippen LogP contribution in [0.15, 0.2) is 12.2 Å². The number of aliphatic hydroxyl groups excluding tert-OH is 3. The van der Waals surface area contributed by atoms with Crippen molar-refractivity contribution in [3.05, 3.63) is 12.2 Å². The first-order chi connectivity index (χ1) is 37.6. The summed E-state index contributed by atoms with van der Waals surface area (Å²) in [5.41, 5.74) is 0. The third-order valence-corrected chi connectivity index (χ3v) is 16.1. The van der Waals surface area contributed by atoms with Crippen LogP contribution >= 0.6 is 0 Å². The molecule has 0 radical (unpaired) electrons. The SMILES string of the molecule is CCCCCCCCCC/C=C\CCCCCCCCCCCCCCCCOCC(COC1OC(CO)C(O)C(OS(=O)(=O)O)C1O)OC(=O)CCCCCCCCCCCCCCCCCCCCCCCCCC. The van der Waals surface area contributed by atoms with E-state index in [0.29, 0.717) is 13.0 Å². The Bertz CT molecular complexity index is 1380. The van der Waals surface area contributed by atoms with Gasteiger partial charge < -0.3 is 34.3 Å². The number of esters is 1. The topological polar surface area (TPSA) is 178 Å². The van der Waals surface area contributed by atoms with Crippen LogP contribution < -0.4 is 0 Å². The van der Waals surface area contributed by atoms with Gasteiger partial charge in [-0.1, -0.05) is 296 Å². The third-order valence-electron chi connectivity index (χ3n) is 15.6. The number of carbonyl (C=O) groups is 1. The minimum atomic E-state index is -5.07. The summed E-state index contributed by atoms with van der Waals surface area (Å²) in [6, 6.07) is 0. The number of ether oxygens (including phenoxy) is 4. The lowest BCUT2D eigenvalue weighted by atomic mass is 9.99. The van der Waals surface area contributed by atoms with Gasteiger partial charge in [-0.05, 0) is 38.5 Å². The van der Waals surface area contributed by atoms with Crippen molar-refractivity contribution in [3.63, 3.8) is 0 Å². The second-order valence-electron chi connectivity index (χ2n) is 23.1. The molecule has 0 aliphatic carbocycles. The van der Waals surface area contributed by atoms with E-state index < -0.39 is 53.8 Å². The molecule has 12 nitrogen and oxygen atoms in total. The number of allylic oxidation sites excluding steroid dienone is 2. The number of hydrogen-bond acceptors (Lipinski definition) is 11. The molecule has 0 amide bonds. The van der Waals surface area contributed by atoms with Gasteiger partial charge in [0.15, 0.2) is 6.29 Å². The van der Waals surface area contributed by atoms with Crippen LogP contribution in [0.25, 0.3) is 0 Å². The Morgan fingerprint density at radius 2 is 0.818 bits per heavy atom. The predicted molar refractivity (Wildman–Crippen MR) is 318 cm³/mol. The molecule has 1 aliphatic heterocycles. The van der Waals surface area contributed by atoms with Gasteiger partial charge in [0.1, 0.15) is 30.5 Å². The van der Waals surface area contributed by atoms with E-state index in [9.17, 15) is 33.1 Å². The van der Waals surface area contributed by atoms with Crippen molar-refractivity contribution >= 4 is 16.4 Å². The first-order valence-electron chi connectivity index (χ1n) is 32.9. The average molecular weight is 1120 g/mol. The molecule has 1 aliphatic rings. The highest BCUT2D eigenvalue weighted by atomic mass is 32.3. The Labute approximate surface area is 474 Å². The van der Waals surface area contributed by atoms with Crippen LogP contribution in [0.2, 0.25) is 0 Å². The number of hydrogen-bond donors (Lipinski definition) is 4. The van der Waals surface area contributed by atoms with Gasteiger partial charge in [0.2, 0.25) is 0 Å². The second-order valence-corrected chi connectivity index (χ2v) is 24.1. The van der Waals surface area contributed by atoms with E-state index in [1.807, 2.05) is 0 Å². The minimum Gasteiger partial charge on any atom is -0.457 e. The Balaban J connectivity index is 2.21. The van der Waals surface area contributed by atoms with Gasteiger partial charge in [0.05, 0.1) is 19.8 Å². The quantitative estimate of drug-likeness (QED) is 0.0196. The predicted octanol–water partition coefficient (Wildman–Crippen LogP) is 17.3. The maximum absolute atomic E-state index is 13.0. The first-order valence-corrected chi connectivity index (χ1v) is 34.3. The monoisotopic (exact) mass is 1120 g/mol. The summed E-state index contributed by atoms with van der Waals surface area (Å²) >= 11 is 0. The van der Waals surface area contributed by atoms with Crippen molar-refractivity contribution in [1.82, 2.24) is 0 Å². The molecule has 1 rings (SSSR count). The number of carbonyl (C=O) groups excluding carboxylic acids is 1. The molecule has 1 heterocycles. The van der Waals surface area contributed by atoms with E-state index in [4.69, 9.17) is 18.9 Å². The lowest BCUT2D eigenvalue weighted by Crippen LogP contribution is -2.60. The van der Waals surface area contributed by atoms with Gasteiger partial charge in [-0.2, -0.15) is 8.42 Å². The largest absolute Gasteiger partial charge is 0.457 e. The van der Waals surface area contributed by atoms with Crippen molar-refractivity contribution in [2.45, 2.75) is 365 Å². The molecule has 0 aromatic carbocycles. The van der Waals surface area contributed by atoms with Crippen LogP contribution in [0.3, 0.4) is 0 Å². The number of aliphatic hydroxyl groups is 3. The summed E-state index contributed by atoms with van der Waals surface area (Å²) < 4.78 is 59.6. The Morgan fingerprint density at radius 1 is 0.481 bits per heavy atom. The van der Waals surface area contributed by atoms with Crippen LogP contribution in [-0.2, 0) is 38.3 Å². The summed E-state index contributed by atoms with van der Waals surface area (Å²) in [6.07, 6.45) is 58.4. The highest BCUT2D eigenvalue weighted by Gasteiger charge is 2.48. The summed E-state index contributed by atoms with van der Waals surface area (Å²) in [4.78, 5) is 13.0. The molecular formula is C64H124O12S. The molecule has 1 fully saturated rings. The highest BCUT2D eigenvalue weighted by Crippen LogP contribution is 2.26. The Morgan fingerprint density at radius 3 is 1.17 bits per heavy atom. The molecule has 6 unspecified atom stereocenters. The second kappa shape index (κ2) is 55.4. The molecule has 0 aromatic heterocycles. The van der Waals surface area contributed by atoms with Crippen molar-refractivity contribution < 1.29 is 56.2 Å². The maximum Gasteiger partial charge on any atom is 0.397 e. The molecule has 4 N–H and O–H groups in total. The van der Waals surface area contributed by atoms with Crippen LogP contribution in [0.1, 0.15) is 328 Å². The van der Waals surface area contributed by atoms with Crippen LogP contribution in [-0.4, -0.2) is 97.5 Å².